The average Bonchev–Trinajstić information content (AvgIpc) is 3.26. The summed E-state index contributed by atoms with van der Waals surface area (Å²) in [6.45, 7) is 0.109. The molecule has 1 amide bonds. The van der Waals surface area contributed by atoms with Crippen molar-refractivity contribution < 1.29 is 13.9 Å². The number of nitrogens with zero attached hydrogens (tertiary/aromatic N) is 3. The third-order valence-corrected chi connectivity index (χ3v) is 6.44. The van der Waals surface area contributed by atoms with Crippen LogP contribution in [0, 0.1) is 5.82 Å². The number of halogens is 3. The quantitative estimate of drug-likeness (QED) is 0.293. The van der Waals surface area contributed by atoms with E-state index in [1.54, 1.807) is 66.3 Å². The number of ether oxygens (including phenoxy) is 1. The molecule has 0 saturated carbocycles. The summed E-state index contributed by atoms with van der Waals surface area (Å²) in [5.41, 5.74) is 2.00. The third-order valence-electron chi connectivity index (χ3n) is 4.89. The van der Waals surface area contributed by atoms with Crippen LogP contribution in [0.4, 0.5) is 4.39 Å². The zero-order chi connectivity index (χ0) is 24.1. The fraction of sp³-hybridized carbons (Fsp3) is 0.125. The molecule has 0 aliphatic rings. The van der Waals surface area contributed by atoms with Gasteiger partial charge in [0.05, 0.1) is 24.4 Å². The lowest BCUT2D eigenvalue weighted by Crippen LogP contribution is -2.24. The Hall–Kier alpha value is -3.07. The minimum atomic E-state index is -0.294. The van der Waals surface area contributed by atoms with E-state index >= 15 is 0 Å². The van der Waals surface area contributed by atoms with Crippen molar-refractivity contribution in [3.63, 3.8) is 0 Å². The number of nitrogens with one attached hydrogen (secondary N) is 1. The first-order chi connectivity index (χ1) is 16.4. The van der Waals surface area contributed by atoms with Gasteiger partial charge in [0.15, 0.2) is 11.0 Å². The summed E-state index contributed by atoms with van der Waals surface area (Å²) in [7, 11) is 1.56. The van der Waals surface area contributed by atoms with Crippen molar-refractivity contribution in [1.82, 2.24) is 20.1 Å². The molecule has 3 aromatic carbocycles. The van der Waals surface area contributed by atoms with Gasteiger partial charge in [-0.2, -0.15) is 0 Å². The number of methoxy groups -OCH3 is 1. The summed E-state index contributed by atoms with van der Waals surface area (Å²) >= 11 is 14.1. The van der Waals surface area contributed by atoms with Gasteiger partial charge in [-0.3, -0.25) is 9.36 Å². The average molecular weight is 517 g/mol. The van der Waals surface area contributed by atoms with Gasteiger partial charge >= 0.3 is 0 Å². The van der Waals surface area contributed by atoms with E-state index in [2.05, 4.69) is 15.5 Å². The highest BCUT2D eigenvalue weighted by molar-refractivity contribution is 7.98. The number of thioether (sulfide) groups is 1. The van der Waals surface area contributed by atoms with Gasteiger partial charge in [0.2, 0.25) is 0 Å². The second-order valence-electron chi connectivity index (χ2n) is 7.16. The molecule has 0 atom stereocenters. The van der Waals surface area contributed by atoms with Gasteiger partial charge in [0, 0.05) is 16.3 Å². The lowest BCUT2D eigenvalue weighted by atomic mass is 10.2. The second-order valence-corrected chi connectivity index (χ2v) is 8.94. The molecule has 4 aromatic rings. The molecule has 1 N–H and O–H groups in total. The summed E-state index contributed by atoms with van der Waals surface area (Å²) in [6, 6.07) is 18.1. The van der Waals surface area contributed by atoms with Crippen LogP contribution in [0.15, 0.2) is 71.9 Å². The van der Waals surface area contributed by atoms with Gasteiger partial charge in [-0.15, -0.1) is 10.2 Å². The topological polar surface area (TPSA) is 69.0 Å². The summed E-state index contributed by atoms with van der Waals surface area (Å²) < 4.78 is 20.1. The van der Waals surface area contributed by atoms with Gasteiger partial charge in [-0.25, -0.2) is 4.39 Å². The van der Waals surface area contributed by atoms with Gasteiger partial charge in [0.1, 0.15) is 11.6 Å². The van der Waals surface area contributed by atoms with E-state index in [1.165, 1.54) is 23.9 Å². The Labute approximate surface area is 210 Å². The first-order valence-corrected chi connectivity index (χ1v) is 11.9. The SMILES string of the molecule is COc1ccc(C(=O)NCc2nnc(SCc3ccc(F)cc3)n2-c2cc(Cl)ccc2Cl)cc1. The zero-order valence-corrected chi connectivity index (χ0v) is 20.3. The molecule has 0 bridgehead atoms. The zero-order valence-electron chi connectivity index (χ0n) is 18.0. The largest absolute Gasteiger partial charge is 0.497 e. The van der Waals surface area contributed by atoms with Crippen LogP contribution in [0.25, 0.3) is 5.69 Å². The molecule has 0 aliphatic carbocycles. The summed E-state index contributed by atoms with van der Waals surface area (Å²) in [5, 5.41) is 12.9. The van der Waals surface area contributed by atoms with Crippen LogP contribution in [0.2, 0.25) is 10.0 Å². The number of benzene rings is 3. The maximum atomic E-state index is 13.2. The van der Waals surface area contributed by atoms with Crippen molar-refractivity contribution in [3.05, 3.63) is 99.5 Å². The highest BCUT2D eigenvalue weighted by Crippen LogP contribution is 2.31. The smallest absolute Gasteiger partial charge is 0.251 e. The molecule has 0 spiro atoms. The minimum Gasteiger partial charge on any atom is -0.497 e. The number of amides is 1. The molecule has 6 nitrogen and oxygen atoms in total. The van der Waals surface area contributed by atoms with Gasteiger partial charge in [-0.05, 0) is 60.2 Å². The van der Waals surface area contributed by atoms with E-state index in [0.29, 0.717) is 43.8 Å². The minimum absolute atomic E-state index is 0.109. The van der Waals surface area contributed by atoms with Crippen molar-refractivity contribution in [2.24, 2.45) is 0 Å². The molecule has 0 aliphatic heterocycles. The molecule has 0 radical (unpaired) electrons. The molecule has 0 fully saturated rings. The van der Waals surface area contributed by atoms with Crippen LogP contribution in [-0.4, -0.2) is 27.8 Å². The molecule has 1 heterocycles. The molecule has 174 valence electrons. The number of carbonyl (C=O) groups is 1. The number of hydrogen-bond acceptors (Lipinski definition) is 5. The Morgan fingerprint density at radius 1 is 1.06 bits per heavy atom. The number of hydrogen-bond donors (Lipinski definition) is 1. The van der Waals surface area contributed by atoms with E-state index in [-0.39, 0.29) is 18.3 Å². The lowest BCUT2D eigenvalue weighted by Gasteiger charge is -2.13. The maximum Gasteiger partial charge on any atom is 0.251 e. The Balaban J connectivity index is 1.59. The van der Waals surface area contributed by atoms with Crippen LogP contribution >= 0.6 is 35.0 Å². The van der Waals surface area contributed by atoms with E-state index in [0.717, 1.165) is 5.56 Å². The highest BCUT2D eigenvalue weighted by Gasteiger charge is 2.18. The fourth-order valence-corrected chi connectivity index (χ4v) is 4.43. The van der Waals surface area contributed by atoms with Crippen molar-refractivity contribution in [3.8, 4) is 11.4 Å². The lowest BCUT2D eigenvalue weighted by molar-refractivity contribution is 0.0949. The molecular weight excluding hydrogens is 498 g/mol. The van der Waals surface area contributed by atoms with Crippen LogP contribution in [-0.2, 0) is 12.3 Å². The second kappa shape index (κ2) is 10.9. The first-order valence-electron chi connectivity index (χ1n) is 10.1. The fourth-order valence-electron chi connectivity index (χ4n) is 3.14. The van der Waals surface area contributed by atoms with Crippen LogP contribution in [0.5, 0.6) is 5.75 Å². The molecule has 4 rings (SSSR count). The van der Waals surface area contributed by atoms with Crippen molar-refractivity contribution in [2.45, 2.75) is 17.5 Å². The van der Waals surface area contributed by atoms with Gasteiger partial charge < -0.3 is 10.1 Å². The monoisotopic (exact) mass is 516 g/mol. The number of aromatic nitrogens is 3. The molecule has 10 heteroatoms. The normalized spacial score (nSPS) is 10.8. The van der Waals surface area contributed by atoms with Gasteiger partial charge in [-0.1, -0.05) is 47.1 Å². The third kappa shape index (κ3) is 5.70. The Bertz CT molecular complexity index is 1300. The highest BCUT2D eigenvalue weighted by atomic mass is 35.5. The predicted molar refractivity (Wildman–Crippen MR) is 132 cm³/mol. The Kier molecular flexibility index (Phi) is 7.72. The molecular formula is C24H19Cl2FN4O2S. The van der Waals surface area contributed by atoms with Crippen molar-refractivity contribution in [2.75, 3.05) is 7.11 Å². The molecule has 0 unspecified atom stereocenters. The van der Waals surface area contributed by atoms with Crippen molar-refractivity contribution >= 4 is 40.9 Å². The van der Waals surface area contributed by atoms with E-state index < -0.39 is 0 Å². The van der Waals surface area contributed by atoms with Crippen LogP contribution in [0.1, 0.15) is 21.7 Å². The molecule has 1 aromatic heterocycles. The van der Waals surface area contributed by atoms with E-state index in [4.69, 9.17) is 27.9 Å². The van der Waals surface area contributed by atoms with Gasteiger partial charge in [0.25, 0.3) is 5.91 Å². The van der Waals surface area contributed by atoms with Crippen molar-refractivity contribution in [1.29, 1.82) is 0 Å². The Morgan fingerprint density at radius 2 is 1.79 bits per heavy atom. The van der Waals surface area contributed by atoms with E-state index in [1.807, 2.05) is 0 Å². The maximum absolute atomic E-state index is 13.2. The number of carbonyl (C=O) groups excluding carboxylic acids is 1. The first kappa shape index (κ1) is 24.1. The van der Waals surface area contributed by atoms with Crippen LogP contribution < -0.4 is 10.1 Å². The predicted octanol–water partition coefficient (Wildman–Crippen LogP) is 5.94. The summed E-state index contributed by atoms with van der Waals surface area (Å²) in [6.07, 6.45) is 0. The van der Waals surface area contributed by atoms with Crippen LogP contribution in [0.3, 0.4) is 0 Å². The summed E-state index contributed by atoms with van der Waals surface area (Å²) in [5.74, 6) is 1.12. The molecule has 34 heavy (non-hydrogen) atoms. The number of rotatable bonds is 8. The summed E-state index contributed by atoms with van der Waals surface area (Å²) in [4.78, 5) is 12.6. The standard InChI is InChI=1S/C24H19Cl2FN4O2S/c1-33-19-9-4-16(5-10-19)23(32)28-13-22-29-30-24(34-14-15-2-7-18(27)8-3-15)31(22)21-12-17(25)6-11-20(21)26/h2-12H,13-14H2,1H3,(H,28,32). The molecule has 0 saturated heterocycles. The Morgan fingerprint density at radius 3 is 2.50 bits per heavy atom. The van der Waals surface area contributed by atoms with E-state index in [9.17, 15) is 9.18 Å².